The van der Waals surface area contributed by atoms with Crippen molar-refractivity contribution in [1.82, 2.24) is 0 Å². The van der Waals surface area contributed by atoms with E-state index in [9.17, 15) is 0 Å². The number of ether oxygens (including phenoxy) is 1. The summed E-state index contributed by atoms with van der Waals surface area (Å²) < 4.78 is 5.58. The SMILES string of the molecule is Nc1cc(Cl)c(OCc2ccc(Cl)c(Cl)c2)c(Cl)c1. The molecule has 0 amide bonds. The Morgan fingerprint density at radius 3 is 2.05 bits per heavy atom. The molecule has 0 saturated carbocycles. The van der Waals surface area contributed by atoms with Crippen molar-refractivity contribution < 1.29 is 4.74 Å². The average molecular weight is 337 g/mol. The van der Waals surface area contributed by atoms with Crippen LogP contribution in [-0.4, -0.2) is 0 Å². The van der Waals surface area contributed by atoms with Gasteiger partial charge < -0.3 is 10.5 Å². The second kappa shape index (κ2) is 6.10. The number of rotatable bonds is 3. The van der Waals surface area contributed by atoms with E-state index < -0.39 is 0 Å². The maximum Gasteiger partial charge on any atom is 0.157 e. The first-order valence-electron chi connectivity index (χ1n) is 5.28. The van der Waals surface area contributed by atoms with Crippen LogP contribution in [0.2, 0.25) is 20.1 Å². The van der Waals surface area contributed by atoms with Crippen LogP contribution in [-0.2, 0) is 6.61 Å². The van der Waals surface area contributed by atoms with Gasteiger partial charge in [-0.15, -0.1) is 0 Å². The molecule has 0 heterocycles. The quantitative estimate of drug-likeness (QED) is 0.755. The Kier molecular flexibility index (Phi) is 4.69. The number of hydrogen-bond acceptors (Lipinski definition) is 2. The fourth-order valence-corrected chi connectivity index (χ4v) is 2.44. The van der Waals surface area contributed by atoms with Crippen LogP contribution in [0.15, 0.2) is 30.3 Å². The van der Waals surface area contributed by atoms with E-state index in [2.05, 4.69) is 0 Å². The number of hydrogen-bond donors (Lipinski definition) is 1. The molecule has 0 spiro atoms. The van der Waals surface area contributed by atoms with Gasteiger partial charge in [-0.2, -0.15) is 0 Å². The molecule has 0 aliphatic heterocycles. The second-order valence-electron chi connectivity index (χ2n) is 3.85. The lowest BCUT2D eigenvalue weighted by Crippen LogP contribution is -1.97. The van der Waals surface area contributed by atoms with E-state index in [4.69, 9.17) is 56.9 Å². The molecule has 0 saturated heterocycles. The van der Waals surface area contributed by atoms with Crippen LogP contribution >= 0.6 is 46.4 Å². The van der Waals surface area contributed by atoms with Gasteiger partial charge in [0.2, 0.25) is 0 Å². The number of nitrogen functional groups attached to an aromatic ring is 1. The topological polar surface area (TPSA) is 35.2 Å². The molecule has 2 rings (SSSR count). The van der Waals surface area contributed by atoms with Crippen molar-refractivity contribution in [1.29, 1.82) is 0 Å². The third-order valence-electron chi connectivity index (χ3n) is 2.39. The number of nitrogens with two attached hydrogens (primary N) is 1. The summed E-state index contributed by atoms with van der Waals surface area (Å²) in [7, 11) is 0. The Morgan fingerprint density at radius 1 is 0.842 bits per heavy atom. The summed E-state index contributed by atoms with van der Waals surface area (Å²) >= 11 is 23.8. The minimum absolute atomic E-state index is 0.278. The molecule has 0 aromatic heterocycles. The van der Waals surface area contributed by atoms with E-state index in [0.717, 1.165) is 5.56 Å². The van der Waals surface area contributed by atoms with Gasteiger partial charge in [0.05, 0.1) is 20.1 Å². The third-order valence-corrected chi connectivity index (χ3v) is 3.69. The van der Waals surface area contributed by atoms with Gasteiger partial charge in [0, 0.05) is 5.69 Å². The Hall–Kier alpha value is -0.800. The summed E-state index contributed by atoms with van der Waals surface area (Å²) in [6.07, 6.45) is 0. The van der Waals surface area contributed by atoms with Crippen molar-refractivity contribution in [3.05, 3.63) is 56.0 Å². The molecule has 2 N–H and O–H groups in total. The minimum Gasteiger partial charge on any atom is -0.486 e. The maximum absolute atomic E-state index is 6.02. The van der Waals surface area contributed by atoms with Gasteiger partial charge in [-0.1, -0.05) is 52.5 Å². The zero-order valence-electron chi connectivity index (χ0n) is 9.59. The van der Waals surface area contributed by atoms with E-state index in [-0.39, 0.29) is 6.61 Å². The Morgan fingerprint density at radius 2 is 1.47 bits per heavy atom. The fourth-order valence-electron chi connectivity index (χ4n) is 1.50. The first-order valence-corrected chi connectivity index (χ1v) is 6.80. The fraction of sp³-hybridized carbons (Fsp3) is 0.0769. The summed E-state index contributed by atoms with van der Waals surface area (Å²) in [5.41, 5.74) is 6.96. The van der Waals surface area contributed by atoms with Crippen molar-refractivity contribution in [2.45, 2.75) is 6.61 Å². The lowest BCUT2D eigenvalue weighted by Gasteiger charge is -2.11. The largest absolute Gasteiger partial charge is 0.486 e. The zero-order chi connectivity index (χ0) is 14.0. The predicted molar refractivity (Wildman–Crippen MR) is 81.7 cm³/mol. The van der Waals surface area contributed by atoms with Gasteiger partial charge in [-0.25, -0.2) is 0 Å². The van der Waals surface area contributed by atoms with Gasteiger partial charge in [-0.05, 0) is 29.8 Å². The van der Waals surface area contributed by atoms with E-state index in [1.165, 1.54) is 0 Å². The molecule has 0 aliphatic carbocycles. The van der Waals surface area contributed by atoms with E-state index in [0.29, 0.717) is 31.5 Å². The van der Waals surface area contributed by atoms with Gasteiger partial charge in [0.1, 0.15) is 6.61 Å². The second-order valence-corrected chi connectivity index (χ2v) is 5.48. The predicted octanol–water partition coefficient (Wildman–Crippen LogP) is 5.46. The Balaban J connectivity index is 2.16. The lowest BCUT2D eigenvalue weighted by atomic mass is 10.2. The minimum atomic E-state index is 0.278. The summed E-state index contributed by atoms with van der Waals surface area (Å²) in [6.45, 7) is 0.278. The average Bonchev–Trinajstić information content (AvgIpc) is 2.32. The van der Waals surface area contributed by atoms with Crippen LogP contribution in [0.3, 0.4) is 0 Å². The molecular formula is C13H9Cl4NO. The van der Waals surface area contributed by atoms with Crippen LogP contribution in [0.5, 0.6) is 5.75 Å². The van der Waals surface area contributed by atoms with Crippen molar-refractivity contribution in [2.75, 3.05) is 5.73 Å². The smallest absolute Gasteiger partial charge is 0.157 e. The van der Waals surface area contributed by atoms with Crippen molar-refractivity contribution in [3.8, 4) is 5.75 Å². The van der Waals surface area contributed by atoms with Crippen LogP contribution in [0.1, 0.15) is 5.56 Å². The van der Waals surface area contributed by atoms with Gasteiger partial charge in [-0.3, -0.25) is 0 Å². The van der Waals surface area contributed by atoms with Crippen LogP contribution in [0.25, 0.3) is 0 Å². The molecule has 0 bridgehead atoms. The van der Waals surface area contributed by atoms with E-state index in [1.54, 1.807) is 24.3 Å². The summed E-state index contributed by atoms with van der Waals surface area (Å²) in [5, 5.41) is 1.70. The molecule has 0 unspecified atom stereocenters. The molecule has 0 atom stereocenters. The molecule has 0 fully saturated rings. The van der Waals surface area contributed by atoms with Crippen LogP contribution in [0.4, 0.5) is 5.69 Å². The first kappa shape index (κ1) is 14.6. The molecule has 0 radical (unpaired) electrons. The monoisotopic (exact) mass is 335 g/mol. The normalized spacial score (nSPS) is 10.5. The molecule has 0 aliphatic rings. The molecule has 2 nitrogen and oxygen atoms in total. The van der Waals surface area contributed by atoms with Gasteiger partial charge in [0.15, 0.2) is 5.75 Å². The van der Waals surface area contributed by atoms with Gasteiger partial charge in [0.25, 0.3) is 0 Å². The van der Waals surface area contributed by atoms with Crippen LogP contribution in [0, 0.1) is 0 Å². The molecule has 2 aromatic rings. The summed E-state index contributed by atoms with van der Waals surface area (Å²) in [5.74, 6) is 0.392. The standard InChI is InChI=1S/C13H9Cl4NO/c14-9-2-1-7(3-10(9)15)6-19-13-11(16)4-8(18)5-12(13)17/h1-5H,6,18H2. The number of benzene rings is 2. The third kappa shape index (κ3) is 3.61. The molecule has 100 valence electrons. The Labute approximate surface area is 131 Å². The molecule has 6 heteroatoms. The highest BCUT2D eigenvalue weighted by Crippen LogP contribution is 2.35. The van der Waals surface area contributed by atoms with Crippen molar-refractivity contribution in [2.24, 2.45) is 0 Å². The van der Waals surface area contributed by atoms with E-state index >= 15 is 0 Å². The highest BCUT2D eigenvalue weighted by atomic mass is 35.5. The van der Waals surface area contributed by atoms with Crippen LogP contribution < -0.4 is 10.5 Å². The number of anilines is 1. The van der Waals surface area contributed by atoms with Crippen molar-refractivity contribution >= 4 is 52.1 Å². The first-order chi connectivity index (χ1) is 8.97. The summed E-state index contributed by atoms with van der Waals surface area (Å²) in [4.78, 5) is 0. The Bertz CT molecular complexity index is 593. The molecule has 2 aromatic carbocycles. The number of halogens is 4. The zero-order valence-corrected chi connectivity index (χ0v) is 12.6. The highest BCUT2D eigenvalue weighted by Gasteiger charge is 2.09. The van der Waals surface area contributed by atoms with E-state index in [1.807, 2.05) is 6.07 Å². The maximum atomic E-state index is 6.02. The van der Waals surface area contributed by atoms with Gasteiger partial charge >= 0.3 is 0 Å². The van der Waals surface area contributed by atoms with Crippen molar-refractivity contribution in [3.63, 3.8) is 0 Å². The summed E-state index contributed by atoms with van der Waals surface area (Å²) in [6, 6.07) is 8.40. The lowest BCUT2D eigenvalue weighted by molar-refractivity contribution is 0.306. The molecule has 19 heavy (non-hydrogen) atoms. The molecular weight excluding hydrogens is 328 g/mol. The highest BCUT2D eigenvalue weighted by molar-refractivity contribution is 6.42.